The van der Waals surface area contributed by atoms with E-state index in [1.165, 1.54) is 0 Å². The third-order valence-electron chi connectivity index (χ3n) is 3.98. The summed E-state index contributed by atoms with van der Waals surface area (Å²) in [5.74, 6) is 1.70. The maximum atomic E-state index is 5.91. The molecule has 0 spiro atoms. The molecule has 0 amide bonds. The van der Waals surface area contributed by atoms with Crippen LogP contribution in [0.15, 0.2) is 24.4 Å². The number of ether oxygens (including phenoxy) is 2. The summed E-state index contributed by atoms with van der Waals surface area (Å²) < 4.78 is 11.2. The molecule has 1 aromatic heterocycles. The van der Waals surface area contributed by atoms with Crippen molar-refractivity contribution in [1.82, 2.24) is 4.98 Å². The van der Waals surface area contributed by atoms with Crippen molar-refractivity contribution in [3.05, 3.63) is 24.4 Å². The van der Waals surface area contributed by atoms with Crippen LogP contribution in [0, 0.1) is 5.92 Å². The molecule has 0 bridgehead atoms. The first-order chi connectivity index (χ1) is 8.88. The second kappa shape index (κ2) is 5.24. The Balaban J connectivity index is 1.76. The number of aromatic nitrogens is 1. The summed E-state index contributed by atoms with van der Waals surface area (Å²) in [5, 5.41) is 0. The van der Waals surface area contributed by atoms with Crippen LogP contribution < -0.4 is 4.90 Å². The highest BCUT2D eigenvalue weighted by Gasteiger charge is 2.41. The van der Waals surface area contributed by atoms with Gasteiger partial charge >= 0.3 is 0 Å². The quantitative estimate of drug-likeness (QED) is 0.815. The molecule has 1 saturated heterocycles. The summed E-state index contributed by atoms with van der Waals surface area (Å²) in [7, 11) is 1.78. The van der Waals surface area contributed by atoms with Crippen LogP contribution in [0.3, 0.4) is 0 Å². The molecule has 3 rings (SSSR count). The predicted molar refractivity (Wildman–Crippen MR) is 69.7 cm³/mol. The number of hydrogen-bond acceptors (Lipinski definition) is 4. The molecule has 2 heterocycles. The molecule has 0 radical (unpaired) electrons. The van der Waals surface area contributed by atoms with E-state index in [1.807, 2.05) is 18.3 Å². The molecule has 98 valence electrons. The smallest absolute Gasteiger partial charge is 0.128 e. The summed E-state index contributed by atoms with van der Waals surface area (Å²) in [4.78, 5) is 6.88. The van der Waals surface area contributed by atoms with Crippen LogP contribution in [0.25, 0.3) is 0 Å². The molecule has 0 aromatic carbocycles. The molecule has 3 atom stereocenters. The Bertz CT molecular complexity index is 385. The Kier molecular flexibility index (Phi) is 3.48. The first-order valence-corrected chi connectivity index (χ1v) is 6.66. The monoisotopic (exact) mass is 248 g/mol. The molecule has 1 aliphatic carbocycles. The minimum Gasteiger partial charge on any atom is -0.384 e. The van der Waals surface area contributed by atoms with Crippen molar-refractivity contribution in [2.24, 2.45) is 5.92 Å². The maximum absolute atomic E-state index is 5.91. The van der Waals surface area contributed by atoms with E-state index in [-0.39, 0.29) is 0 Å². The zero-order valence-corrected chi connectivity index (χ0v) is 10.8. The van der Waals surface area contributed by atoms with Crippen molar-refractivity contribution in [3.8, 4) is 0 Å². The molecule has 1 aliphatic heterocycles. The fourth-order valence-corrected chi connectivity index (χ4v) is 3.23. The standard InChI is InChI=1S/C14H20N2O2/c1-17-10-11-8-12-13(9-11)18-7-6-16(12)14-4-2-3-5-15-14/h2-5,11-13H,6-10H2,1H3. The van der Waals surface area contributed by atoms with Gasteiger partial charge in [-0.25, -0.2) is 4.98 Å². The highest BCUT2D eigenvalue weighted by molar-refractivity contribution is 5.40. The zero-order chi connectivity index (χ0) is 12.4. The van der Waals surface area contributed by atoms with Crippen molar-refractivity contribution < 1.29 is 9.47 Å². The van der Waals surface area contributed by atoms with Crippen molar-refractivity contribution in [2.45, 2.75) is 25.0 Å². The Morgan fingerprint density at radius 2 is 2.39 bits per heavy atom. The molecular formula is C14H20N2O2. The van der Waals surface area contributed by atoms with Crippen LogP contribution in [0.1, 0.15) is 12.8 Å². The average Bonchev–Trinajstić information content (AvgIpc) is 2.82. The molecule has 18 heavy (non-hydrogen) atoms. The summed E-state index contributed by atoms with van der Waals surface area (Å²) >= 11 is 0. The highest BCUT2D eigenvalue weighted by atomic mass is 16.5. The lowest BCUT2D eigenvalue weighted by Gasteiger charge is -2.38. The van der Waals surface area contributed by atoms with Gasteiger partial charge in [0.15, 0.2) is 0 Å². The summed E-state index contributed by atoms with van der Waals surface area (Å²) in [6.45, 7) is 2.59. The van der Waals surface area contributed by atoms with E-state index in [2.05, 4.69) is 16.0 Å². The normalized spacial score (nSPS) is 31.4. The molecule has 1 saturated carbocycles. The molecule has 1 aromatic rings. The number of methoxy groups -OCH3 is 1. The van der Waals surface area contributed by atoms with Gasteiger partial charge in [0.05, 0.1) is 18.8 Å². The number of hydrogen-bond donors (Lipinski definition) is 0. The lowest BCUT2D eigenvalue weighted by Crippen LogP contribution is -2.49. The van der Waals surface area contributed by atoms with E-state index in [0.29, 0.717) is 18.1 Å². The fraction of sp³-hybridized carbons (Fsp3) is 0.643. The maximum Gasteiger partial charge on any atom is 0.128 e. The lowest BCUT2D eigenvalue weighted by molar-refractivity contribution is 0.0221. The minimum absolute atomic E-state index is 0.348. The number of pyridine rings is 1. The van der Waals surface area contributed by atoms with Crippen LogP contribution in [0.5, 0.6) is 0 Å². The van der Waals surface area contributed by atoms with Crippen LogP contribution in [-0.2, 0) is 9.47 Å². The first kappa shape index (κ1) is 11.9. The summed E-state index contributed by atoms with van der Waals surface area (Å²) in [5.41, 5.74) is 0. The van der Waals surface area contributed by atoms with E-state index in [9.17, 15) is 0 Å². The van der Waals surface area contributed by atoms with Crippen molar-refractivity contribution in [1.29, 1.82) is 0 Å². The van der Waals surface area contributed by atoms with Crippen LogP contribution in [-0.4, -0.2) is 44.0 Å². The number of nitrogens with zero attached hydrogens (tertiary/aromatic N) is 2. The molecular weight excluding hydrogens is 228 g/mol. The van der Waals surface area contributed by atoms with Gasteiger partial charge in [-0.3, -0.25) is 0 Å². The van der Waals surface area contributed by atoms with Gasteiger partial charge in [0.2, 0.25) is 0 Å². The Labute approximate surface area is 108 Å². The zero-order valence-electron chi connectivity index (χ0n) is 10.8. The average molecular weight is 248 g/mol. The highest BCUT2D eigenvalue weighted by Crippen LogP contribution is 2.35. The Morgan fingerprint density at radius 1 is 1.44 bits per heavy atom. The number of fused-ring (bicyclic) bond motifs is 1. The van der Waals surface area contributed by atoms with Gasteiger partial charge in [-0.05, 0) is 30.9 Å². The summed E-state index contributed by atoms with van der Waals surface area (Å²) in [6.07, 6.45) is 4.47. The third-order valence-corrected chi connectivity index (χ3v) is 3.98. The van der Waals surface area contributed by atoms with E-state index in [1.54, 1.807) is 7.11 Å². The van der Waals surface area contributed by atoms with Crippen molar-refractivity contribution in [2.75, 3.05) is 31.8 Å². The predicted octanol–water partition coefficient (Wildman–Crippen LogP) is 1.71. The Hall–Kier alpha value is -1.13. The number of rotatable bonds is 3. The summed E-state index contributed by atoms with van der Waals surface area (Å²) in [6, 6.07) is 6.57. The molecule has 4 heteroatoms. The molecule has 2 aliphatic rings. The van der Waals surface area contributed by atoms with Gasteiger partial charge in [-0.1, -0.05) is 6.07 Å². The van der Waals surface area contributed by atoms with Gasteiger partial charge in [-0.2, -0.15) is 0 Å². The molecule has 3 unspecified atom stereocenters. The van der Waals surface area contributed by atoms with Gasteiger partial charge in [0.1, 0.15) is 5.82 Å². The second-order valence-corrected chi connectivity index (χ2v) is 5.15. The molecule has 0 N–H and O–H groups in total. The van der Waals surface area contributed by atoms with Gasteiger partial charge < -0.3 is 14.4 Å². The second-order valence-electron chi connectivity index (χ2n) is 5.15. The van der Waals surface area contributed by atoms with Gasteiger partial charge in [-0.15, -0.1) is 0 Å². The largest absolute Gasteiger partial charge is 0.384 e. The van der Waals surface area contributed by atoms with Crippen molar-refractivity contribution in [3.63, 3.8) is 0 Å². The first-order valence-electron chi connectivity index (χ1n) is 6.66. The third kappa shape index (κ3) is 2.22. The topological polar surface area (TPSA) is 34.6 Å². The van der Waals surface area contributed by atoms with Gasteiger partial charge in [0, 0.05) is 26.5 Å². The van der Waals surface area contributed by atoms with E-state index >= 15 is 0 Å². The Morgan fingerprint density at radius 3 is 3.17 bits per heavy atom. The van der Waals surface area contributed by atoms with Crippen LogP contribution >= 0.6 is 0 Å². The molecule has 2 fully saturated rings. The van der Waals surface area contributed by atoms with E-state index in [4.69, 9.17) is 9.47 Å². The van der Waals surface area contributed by atoms with Gasteiger partial charge in [0.25, 0.3) is 0 Å². The van der Waals surface area contributed by atoms with Crippen molar-refractivity contribution >= 4 is 5.82 Å². The fourth-order valence-electron chi connectivity index (χ4n) is 3.23. The van der Waals surface area contributed by atoms with Crippen LogP contribution in [0.4, 0.5) is 5.82 Å². The number of anilines is 1. The van der Waals surface area contributed by atoms with E-state index in [0.717, 1.165) is 38.4 Å². The minimum atomic E-state index is 0.348. The number of morpholine rings is 1. The lowest BCUT2D eigenvalue weighted by atomic mass is 10.1. The van der Waals surface area contributed by atoms with E-state index < -0.39 is 0 Å². The van der Waals surface area contributed by atoms with Crippen LogP contribution in [0.2, 0.25) is 0 Å². The SMILES string of the molecule is COCC1CC2OCCN(c3ccccn3)C2C1. The molecule has 4 nitrogen and oxygen atoms in total.